The Morgan fingerprint density at radius 3 is 1.44 bits per heavy atom. The van der Waals surface area contributed by atoms with Gasteiger partial charge in [-0.25, -0.2) is 0 Å². The fourth-order valence-corrected chi connectivity index (χ4v) is 2.19. The Kier molecular flexibility index (Phi) is 14.0. The van der Waals surface area contributed by atoms with Gasteiger partial charge < -0.3 is 5.11 Å². The first kappa shape index (κ1) is 17.4. The molecule has 0 saturated heterocycles. The van der Waals surface area contributed by atoms with Gasteiger partial charge in [0.15, 0.2) is 0 Å². The molecule has 0 saturated carbocycles. The Balaban J connectivity index is 3.14. The fourth-order valence-electron chi connectivity index (χ4n) is 2.19. The zero-order valence-electron chi connectivity index (χ0n) is 12.1. The van der Waals surface area contributed by atoms with Crippen molar-refractivity contribution in [3.05, 3.63) is 25.3 Å². The summed E-state index contributed by atoms with van der Waals surface area (Å²) in [5.41, 5.74) is 0. The molecule has 0 aromatic rings. The van der Waals surface area contributed by atoms with Crippen LogP contribution in [0.2, 0.25) is 0 Å². The van der Waals surface area contributed by atoms with Gasteiger partial charge in [0.25, 0.3) is 0 Å². The Morgan fingerprint density at radius 1 is 0.667 bits per heavy atom. The fraction of sp³-hybridized carbons (Fsp3) is 0.765. The number of hydrogen-bond donors (Lipinski definition) is 1. The molecule has 0 radical (unpaired) electrons. The lowest BCUT2D eigenvalue weighted by atomic mass is 10.0. The summed E-state index contributed by atoms with van der Waals surface area (Å²) in [7, 11) is 0. The number of unbranched alkanes of at least 4 members (excludes halogenated alkanes) is 8. The van der Waals surface area contributed by atoms with Crippen molar-refractivity contribution in [1.82, 2.24) is 0 Å². The minimum atomic E-state index is -0.0659. The van der Waals surface area contributed by atoms with E-state index in [9.17, 15) is 5.11 Å². The van der Waals surface area contributed by atoms with E-state index >= 15 is 0 Å². The lowest BCUT2D eigenvalue weighted by molar-refractivity contribution is 0.147. The van der Waals surface area contributed by atoms with E-state index in [4.69, 9.17) is 0 Å². The Bertz CT molecular complexity index is 166. The zero-order chi connectivity index (χ0) is 13.5. The molecule has 1 nitrogen and oxygen atoms in total. The molecule has 0 aromatic carbocycles. The molecule has 0 spiro atoms. The van der Waals surface area contributed by atoms with Crippen molar-refractivity contribution < 1.29 is 5.11 Å². The molecule has 0 aliphatic rings. The molecule has 0 aliphatic carbocycles. The van der Waals surface area contributed by atoms with Crippen LogP contribution in [0, 0.1) is 0 Å². The smallest absolute Gasteiger partial charge is 0.0540 e. The van der Waals surface area contributed by atoms with E-state index in [0.717, 1.165) is 25.7 Å². The molecule has 0 aliphatic heterocycles. The Hall–Kier alpha value is -0.560. The lowest BCUT2D eigenvalue weighted by Crippen LogP contribution is -2.05. The third kappa shape index (κ3) is 13.5. The maximum absolute atomic E-state index is 9.82. The minimum Gasteiger partial charge on any atom is -0.393 e. The van der Waals surface area contributed by atoms with Gasteiger partial charge in [-0.3, -0.25) is 0 Å². The van der Waals surface area contributed by atoms with E-state index in [1.54, 1.807) is 0 Å². The summed E-state index contributed by atoms with van der Waals surface area (Å²) in [6.07, 6.45) is 18.1. The van der Waals surface area contributed by atoms with Crippen molar-refractivity contribution in [1.29, 1.82) is 0 Å². The largest absolute Gasteiger partial charge is 0.393 e. The number of hydrogen-bond acceptors (Lipinski definition) is 1. The third-order valence-electron chi connectivity index (χ3n) is 3.39. The average molecular weight is 252 g/mol. The summed E-state index contributed by atoms with van der Waals surface area (Å²) < 4.78 is 0. The summed E-state index contributed by atoms with van der Waals surface area (Å²) >= 11 is 0. The average Bonchev–Trinajstić information content (AvgIpc) is 2.38. The van der Waals surface area contributed by atoms with E-state index in [1.165, 1.54) is 51.4 Å². The van der Waals surface area contributed by atoms with Crippen LogP contribution in [0.15, 0.2) is 25.3 Å². The summed E-state index contributed by atoms with van der Waals surface area (Å²) in [6.45, 7) is 7.44. The van der Waals surface area contributed by atoms with E-state index in [-0.39, 0.29) is 6.10 Å². The standard InChI is InChI=1S/C17H32O/c1-3-5-7-9-11-13-15-17(18)16-14-12-10-8-6-4-2/h3-4,17-18H,1-2,5-16H2. The summed E-state index contributed by atoms with van der Waals surface area (Å²) in [5, 5.41) is 9.82. The highest BCUT2D eigenvalue weighted by Crippen LogP contribution is 2.13. The highest BCUT2D eigenvalue weighted by Gasteiger charge is 2.03. The maximum atomic E-state index is 9.82. The second kappa shape index (κ2) is 14.5. The van der Waals surface area contributed by atoms with Crippen LogP contribution >= 0.6 is 0 Å². The van der Waals surface area contributed by atoms with Crippen molar-refractivity contribution in [2.75, 3.05) is 0 Å². The zero-order valence-corrected chi connectivity index (χ0v) is 12.1. The van der Waals surface area contributed by atoms with Gasteiger partial charge >= 0.3 is 0 Å². The van der Waals surface area contributed by atoms with Crippen molar-refractivity contribution in [3.63, 3.8) is 0 Å². The third-order valence-corrected chi connectivity index (χ3v) is 3.39. The molecule has 1 heteroatoms. The Labute approximate surface area is 114 Å². The van der Waals surface area contributed by atoms with Crippen LogP contribution in [0.3, 0.4) is 0 Å². The highest BCUT2D eigenvalue weighted by atomic mass is 16.3. The molecule has 0 rings (SSSR count). The first-order valence-corrected chi connectivity index (χ1v) is 7.71. The molecule has 0 atom stereocenters. The molecule has 0 aromatic heterocycles. The van der Waals surface area contributed by atoms with Crippen LogP contribution in [-0.2, 0) is 0 Å². The van der Waals surface area contributed by atoms with E-state index in [2.05, 4.69) is 13.2 Å². The normalized spacial score (nSPS) is 10.8. The predicted octanol–water partition coefficient (Wildman–Crippen LogP) is 5.40. The number of aliphatic hydroxyl groups excluding tert-OH is 1. The van der Waals surface area contributed by atoms with E-state index < -0.39 is 0 Å². The number of allylic oxidation sites excluding steroid dienone is 2. The topological polar surface area (TPSA) is 20.2 Å². The van der Waals surface area contributed by atoms with Crippen LogP contribution in [0.4, 0.5) is 0 Å². The van der Waals surface area contributed by atoms with Crippen LogP contribution in [-0.4, -0.2) is 11.2 Å². The summed E-state index contributed by atoms with van der Waals surface area (Å²) in [6, 6.07) is 0. The van der Waals surface area contributed by atoms with Crippen molar-refractivity contribution in [3.8, 4) is 0 Å². The van der Waals surface area contributed by atoms with Crippen LogP contribution in [0.5, 0.6) is 0 Å². The van der Waals surface area contributed by atoms with Gasteiger partial charge in [-0.15, -0.1) is 13.2 Å². The molecule has 0 fully saturated rings. The molecule has 0 amide bonds. The van der Waals surface area contributed by atoms with Crippen molar-refractivity contribution in [2.24, 2.45) is 0 Å². The van der Waals surface area contributed by atoms with Crippen molar-refractivity contribution in [2.45, 2.75) is 83.2 Å². The van der Waals surface area contributed by atoms with E-state index in [1.807, 2.05) is 12.2 Å². The number of aliphatic hydroxyl groups is 1. The van der Waals surface area contributed by atoms with Crippen LogP contribution in [0.25, 0.3) is 0 Å². The highest BCUT2D eigenvalue weighted by molar-refractivity contribution is 4.66. The molecule has 18 heavy (non-hydrogen) atoms. The second-order valence-corrected chi connectivity index (χ2v) is 5.21. The van der Waals surface area contributed by atoms with Gasteiger partial charge in [-0.2, -0.15) is 0 Å². The van der Waals surface area contributed by atoms with Gasteiger partial charge in [0, 0.05) is 0 Å². The maximum Gasteiger partial charge on any atom is 0.0540 e. The van der Waals surface area contributed by atoms with Gasteiger partial charge in [0.05, 0.1) is 6.10 Å². The van der Waals surface area contributed by atoms with Gasteiger partial charge in [0.2, 0.25) is 0 Å². The van der Waals surface area contributed by atoms with Crippen LogP contribution < -0.4 is 0 Å². The molecule has 1 N–H and O–H groups in total. The number of rotatable bonds is 14. The lowest BCUT2D eigenvalue weighted by Gasteiger charge is -2.10. The van der Waals surface area contributed by atoms with Gasteiger partial charge in [0.1, 0.15) is 0 Å². The van der Waals surface area contributed by atoms with Gasteiger partial charge in [-0.05, 0) is 38.5 Å². The quantitative estimate of drug-likeness (QED) is 0.324. The monoisotopic (exact) mass is 252 g/mol. The van der Waals surface area contributed by atoms with Gasteiger partial charge in [-0.1, -0.05) is 50.7 Å². The first-order chi connectivity index (χ1) is 8.81. The predicted molar refractivity (Wildman–Crippen MR) is 81.8 cm³/mol. The molecule has 106 valence electrons. The van der Waals surface area contributed by atoms with Crippen LogP contribution in [0.1, 0.15) is 77.0 Å². The molecule has 0 unspecified atom stereocenters. The summed E-state index contributed by atoms with van der Waals surface area (Å²) in [4.78, 5) is 0. The van der Waals surface area contributed by atoms with E-state index in [0.29, 0.717) is 0 Å². The molecular weight excluding hydrogens is 220 g/mol. The molecule has 0 bridgehead atoms. The first-order valence-electron chi connectivity index (χ1n) is 7.71. The summed E-state index contributed by atoms with van der Waals surface area (Å²) in [5.74, 6) is 0. The second-order valence-electron chi connectivity index (χ2n) is 5.21. The minimum absolute atomic E-state index is 0.0659. The Morgan fingerprint density at radius 2 is 1.06 bits per heavy atom. The van der Waals surface area contributed by atoms with Crippen molar-refractivity contribution >= 4 is 0 Å². The molecule has 0 heterocycles. The molecular formula is C17H32O. The SMILES string of the molecule is C=CCCCCCCC(O)CCCCCCC=C.